The number of methoxy groups -OCH3 is 1. The zero-order valence-electron chi connectivity index (χ0n) is 10.1. The van der Waals surface area contributed by atoms with E-state index >= 15 is 0 Å². The molecule has 82 valence electrons. The number of fused-ring (bicyclic) bond motifs is 1. The van der Waals surface area contributed by atoms with Gasteiger partial charge in [0.2, 0.25) is 0 Å². The van der Waals surface area contributed by atoms with Crippen LogP contribution < -0.4 is 4.74 Å². The standard InChI is InChI=1S/C12H14O.C2H6/c1-9-3-4-11-8-12(13-2)6-5-10(11)7-9;1-2/h5-8H,3-4H2,1-2H3;1-2H3. The van der Waals surface area contributed by atoms with E-state index in [1.165, 1.54) is 23.1 Å². The van der Waals surface area contributed by atoms with Gasteiger partial charge < -0.3 is 4.74 Å². The molecule has 15 heavy (non-hydrogen) atoms. The molecule has 1 aromatic carbocycles. The maximum absolute atomic E-state index is 5.19. The molecule has 1 aromatic rings. The summed E-state index contributed by atoms with van der Waals surface area (Å²) >= 11 is 0. The van der Waals surface area contributed by atoms with Crippen LogP contribution in [0.2, 0.25) is 0 Å². The Kier molecular flexibility index (Phi) is 4.41. The Balaban J connectivity index is 0.000000531. The molecular weight excluding hydrogens is 184 g/mol. The lowest BCUT2D eigenvalue weighted by Gasteiger charge is -2.14. The fraction of sp³-hybridized carbons (Fsp3) is 0.429. The van der Waals surface area contributed by atoms with Crippen molar-refractivity contribution in [2.24, 2.45) is 0 Å². The molecule has 0 radical (unpaired) electrons. The lowest BCUT2D eigenvalue weighted by atomic mass is 9.93. The molecule has 0 bridgehead atoms. The van der Waals surface area contributed by atoms with Crippen LogP contribution in [0.4, 0.5) is 0 Å². The summed E-state index contributed by atoms with van der Waals surface area (Å²) in [6, 6.07) is 6.29. The molecule has 0 amide bonds. The van der Waals surface area contributed by atoms with Gasteiger partial charge in [0.15, 0.2) is 0 Å². The number of rotatable bonds is 1. The highest BCUT2D eigenvalue weighted by atomic mass is 16.5. The van der Waals surface area contributed by atoms with Crippen LogP contribution in [0.15, 0.2) is 23.8 Å². The SMILES string of the molecule is CC.COc1ccc2c(c1)CCC(C)=C2. The number of benzene rings is 1. The summed E-state index contributed by atoms with van der Waals surface area (Å²) in [5, 5.41) is 0. The average molecular weight is 204 g/mol. The van der Waals surface area contributed by atoms with Gasteiger partial charge in [-0.25, -0.2) is 0 Å². The average Bonchev–Trinajstić information content (AvgIpc) is 2.31. The van der Waals surface area contributed by atoms with Gasteiger partial charge in [-0.15, -0.1) is 0 Å². The van der Waals surface area contributed by atoms with Gasteiger partial charge >= 0.3 is 0 Å². The molecule has 0 saturated carbocycles. The van der Waals surface area contributed by atoms with Crippen molar-refractivity contribution in [2.75, 3.05) is 7.11 Å². The van der Waals surface area contributed by atoms with Gasteiger partial charge in [0.05, 0.1) is 7.11 Å². The predicted molar refractivity (Wildman–Crippen MR) is 66.3 cm³/mol. The first-order valence-corrected chi connectivity index (χ1v) is 5.63. The highest BCUT2D eigenvalue weighted by Crippen LogP contribution is 2.26. The van der Waals surface area contributed by atoms with Crippen LogP contribution in [-0.4, -0.2) is 7.11 Å². The van der Waals surface area contributed by atoms with Crippen LogP contribution in [0.1, 0.15) is 38.3 Å². The Morgan fingerprint density at radius 3 is 2.53 bits per heavy atom. The van der Waals surface area contributed by atoms with Gasteiger partial charge in [0.1, 0.15) is 5.75 Å². The van der Waals surface area contributed by atoms with E-state index < -0.39 is 0 Å². The normalized spacial score (nSPS) is 13.2. The lowest BCUT2D eigenvalue weighted by molar-refractivity contribution is 0.414. The summed E-state index contributed by atoms with van der Waals surface area (Å²) in [6.07, 6.45) is 4.59. The van der Waals surface area contributed by atoms with E-state index in [-0.39, 0.29) is 0 Å². The van der Waals surface area contributed by atoms with Crippen LogP contribution in [0.25, 0.3) is 6.08 Å². The molecule has 0 heterocycles. The molecule has 1 heteroatoms. The summed E-state index contributed by atoms with van der Waals surface area (Å²) in [6.45, 7) is 6.19. The minimum absolute atomic E-state index is 0.965. The van der Waals surface area contributed by atoms with Crippen molar-refractivity contribution in [3.05, 3.63) is 34.9 Å². The van der Waals surface area contributed by atoms with E-state index in [2.05, 4.69) is 25.1 Å². The fourth-order valence-corrected chi connectivity index (χ4v) is 1.74. The highest BCUT2D eigenvalue weighted by Gasteiger charge is 2.07. The topological polar surface area (TPSA) is 9.23 Å². The molecule has 0 unspecified atom stereocenters. The molecular formula is C14H20O. The molecule has 0 saturated heterocycles. The quantitative estimate of drug-likeness (QED) is 0.670. The number of aryl methyl sites for hydroxylation is 1. The van der Waals surface area contributed by atoms with Crippen molar-refractivity contribution < 1.29 is 4.74 Å². The van der Waals surface area contributed by atoms with Crippen molar-refractivity contribution in [2.45, 2.75) is 33.6 Å². The van der Waals surface area contributed by atoms with Crippen LogP contribution in [0.5, 0.6) is 5.75 Å². The first kappa shape index (κ1) is 11.8. The van der Waals surface area contributed by atoms with Gasteiger partial charge in [-0.3, -0.25) is 0 Å². The van der Waals surface area contributed by atoms with Gasteiger partial charge in [0.25, 0.3) is 0 Å². The van der Waals surface area contributed by atoms with Gasteiger partial charge in [-0.2, -0.15) is 0 Å². The molecule has 0 atom stereocenters. The molecule has 1 aliphatic rings. The Morgan fingerprint density at radius 2 is 1.87 bits per heavy atom. The molecule has 0 N–H and O–H groups in total. The first-order chi connectivity index (χ1) is 7.29. The monoisotopic (exact) mass is 204 g/mol. The Labute approximate surface area is 92.8 Å². The lowest BCUT2D eigenvalue weighted by Crippen LogP contribution is -1.97. The van der Waals surface area contributed by atoms with E-state index in [0.717, 1.165) is 12.2 Å². The largest absolute Gasteiger partial charge is 0.497 e. The van der Waals surface area contributed by atoms with E-state index in [9.17, 15) is 0 Å². The van der Waals surface area contributed by atoms with Gasteiger partial charge in [-0.1, -0.05) is 31.6 Å². The summed E-state index contributed by atoms with van der Waals surface area (Å²) < 4.78 is 5.19. The smallest absolute Gasteiger partial charge is 0.119 e. The zero-order valence-corrected chi connectivity index (χ0v) is 10.1. The predicted octanol–water partition coefficient (Wildman–Crippen LogP) is 4.07. The van der Waals surface area contributed by atoms with Crippen LogP contribution >= 0.6 is 0 Å². The van der Waals surface area contributed by atoms with Crippen molar-refractivity contribution in [3.63, 3.8) is 0 Å². The van der Waals surface area contributed by atoms with E-state index in [0.29, 0.717) is 0 Å². The number of hydrogen-bond acceptors (Lipinski definition) is 1. The van der Waals surface area contributed by atoms with Gasteiger partial charge in [-0.05, 0) is 43.0 Å². The zero-order chi connectivity index (χ0) is 11.3. The third-order valence-corrected chi connectivity index (χ3v) is 2.54. The minimum Gasteiger partial charge on any atom is -0.497 e. The second-order valence-corrected chi connectivity index (χ2v) is 3.56. The summed E-state index contributed by atoms with van der Waals surface area (Å²) in [5.74, 6) is 0.965. The Hall–Kier alpha value is -1.24. The summed E-state index contributed by atoms with van der Waals surface area (Å²) in [5.41, 5.74) is 4.23. The third-order valence-electron chi connectivity index (χ3n) is 2.54. The third kappa shape index (κ3) is 2.85. The molecule has 2 rings (SSSR count). The molecule has 1 aliphatic carbocycles. The molecule has 0 spiro atoms. The van der Waals surface area contributed by atoms with Crippen LogP contribution in [0.3, 0.4) is 0 Å². The highest BCUT2D eigenvalue weighted by molar-refractivity contribution is 5.60. The molecule has 0 fully saturated rings. The van der Waals surface area contributed by atoms with Crippen LogP contribution in [-0.2, 0) is 6.42 Å². The summed E-state index contributed by atoms with van der Waals surface area (Å²) in [4.78, 5) is 0. The number of allylic oxidation sites excluding steroid dienone is 1. The van der Waals surface area contributed by atoms with Crippen LogP contribution in [0, 0.1) is 0 Å². The van der Waals surface area contributed by atoms with Gasteiger partial charge in [0, 0.05) is 0 Å². The van der Waals surface area contributed by atoms with E-state index in [4.69, 9.17) is 4.74 Å². The number of ether oxygens (including phenoxy) is 1. The number of hydrogen-bond donors (Lipinski definition) is 0. The van der Waals surface area contributed by atoms with Crippen molar-refractivity contribution in [1.29, 1.82) is 0 Å². The fourth-order valence-electron chi connectivity index (χ4n) is 1.74. The van der Waals surface area contributed by atoms with Crippen molar-refractivity contribution in [3.8, 4) is 5.75 Å². The van der Waals surface area contributed by atoms with E-state index in [1.807, 2.05) is 19.9 Å². The summed E-state index contributed by atoms with van der Waals surface area (Å²) in [7, 11) is 1.71. The Morgan fingerprint density at radius 1 is 1.13 bits per heavy atom. The molecule has 0 aromatic heterocycles. The maximum Gasteiger partial charge on any atom is 0.119 e. The minimum atomic E-state index is 0.965. The molecule has 1 nitrogen and oxygen atoms in total. The second kappa shape index (κ2) is 5.59. The first-order valence-electron chi connectivity index (χ1n) is 5.63. The van der Waals surface area contributed by atoms with Crippen molar-refractivity contribution >= 4 is 6.08 Å². The molecule has 0 aliphatic heterocycles. The Bertz CT molecular complexity index is 350. The maximum atomic E-state index is 5.19. The second-order valence-electron chi connectivity index (χ2n) is 3.56. The van der Waals surface area contributed by atoms with E-state index in [1.54, 1.807) is 7.11 Å². The van der Waals surface area contributed by atoms with Crippen molar-refractivity contribution in [1.82, 2.24) is 0 Å².